The summed E-state index contributed by atoms with van der Waals surface area (Å²) >= 11 is 0. The van der Waals surface area contributed by atoms with E-state index in [2.05, 4.69) is 4.99 Å². The maximum absolute atomic E-state index is 13.9. The van der Waals surface area contributed by atoms with E-state index in [0.29, 0.717) is 11.2 Å². The minimum absolute atomic E-state index is 0.172. The molecule has 0 radical (unpaired) electrons. The number of nitrogens with zero attached hydrogens (tertiary/aromatic N) is 3. The van der Waals surface area contributed by atoms with E-state index in [0.717, 1.165) is 32.1 Å². The van der Waals surface area contributed by atoms with Gasteiger partial charge in [-0.1, -0.05) is 78.9 Å². The fourth-order valence-corrected chi connectivity index (χ4v) is 3.62. The average Bonchev–Trinajstić information content (AvgIpc) is 2.82. The van der Waals surface area contributed by atoms with Crippen LogP contribution >= 0.6 is 0 Å². The molecule has 6 heteroatoms. The molecule has 4 rings (SSSR count). The third kappa shape index (κ3) is 4.44. The van der Waals surface area contributed by atoms with Crippen LogP contribution in [0.4, 0.5) is 8.63 Å². The zero-order valence-corrected chi connectivity index (χ0v) is 17.9. The van der Waals surface area contributed by atoms with E-state index in [1.807, 2.05) is 85.8 Å². The van der Waals surface area contributed by atoms with E-state index in [1.165, 1.54) is 6.20 Å². The number of hydrogen-bond acceptors (Lipinski definition) is 1. The van der Waals surface area contributed by atoms with Crippen LogP contribution in [0, 0.1) is 6.92 Å². The lowest BCUT2D eigenvalue weighted by Gasteiger charge is -2.11. The smallest absolute Gasteiger partial charge is 0.316 e. The van der Waals surface area contributed by atoms with Crippen molar-refractivity contribution < 1.29 is 8.63 Å². The van der Waals surface area contributed by atoms with Crippen molar-refractivity contribution in [1.29, 1.82) is 0 Å². The summed E-state index contributed by atoms with van der Waals surface area (Å²) in [5.74, 6) is 0.380. The quantitative estimate of drug-likeness (QED) is 0.169. The van der Waals surface area contributed by atoms with E-state index in [1.54, 1.807) is 19.2 Å². The fourth-order valence-electron chi connectivity index (χ4n) is 3.62. The molecular formula is C26H22BF2N3. The molecule has 4 aromatic rings. The van der Waals surface area contributed by atoms with Gasteiger partial charge >= 0.3 is 7.40 Å². The predicted molar refractivity (Wildman–Crippen MR) is 130 cm³/mol. The number of halogens is 2. The summed E-state index contributed by atoms with van der Waals surface area (Å²) in [6.45, 7) is 2.03. The highest BCUT2D eigenvalue weighted by Crippen LogP contribution is 2.22. The van der Waals surface area contributed by atoms with Crippen molar-refractivity contribution in [3.05, 3.63) is 113 Å². The van der Waals surface area contributed by atoms with E-state index >= 15 is 0 Å². The lowest BCUT2D eigenvalue weighted by atomic mass is 9.99. The largest absolute Gasteiger partial charge is 0.678 e. The van der Waals surface area contributed by atoms with Crippen molar-refractivity contribution in [2.24, 2.45) is 9.98 Å². The molecule has 3 aromatic carbocycles. The van der Waals surface area contributed by atoms with Crippen molar-refractivity contribution in [2.45, 2.75) is 6.92 Å². The Morgan fingerprint density at radius 3 is 2.28 bits per heavy atom. The molecule has 0 aliphatic carbocycles. The Kier molecular flexibility index (Phi) is 6.40. The zero-order chi connectivity index (χ0) is 22.5. The van der Waals surface area contributed by atoms with Gasteiger partial charge in [-0.05, 0) is 47.3 Å². The molecule has 0 unspecified atom stereocenters. The molecule has 1 aromatic heterocycles. The van der Waals surface area contributed by atoms with Crippen LogP contribution in [-0.4, -0.2) is 24.8 Å². The van der Waals surface area contributed by atoms with Gasteiger partial charge in [-0.25, -0.2) is 4.99 Å². The third-order valence-electron chi connectivity index (χ3n) is 5.31. The molecular weight excluding hydrogens is 403 g/mol. The number of aliphatic imine (C=N–C) groups is 1. The highest BCUT2D eigenvalue weighted by atomic mass is 19.2. The van der Waals surface area contributed by atoms with Crippen molar-refractivity contribution in [3.8, 4) is 0 Å². The van der Waals surface area contributed by atoms with Gasteiger partial charge in [0, 0.05) is 18.0 Å². The van der Waals surface area contributed by atoms with E-state index in [4.69, 9.17) is 4.99 Å². The average molecular weight is 425 g/mol. The molecule has 0 fully saturated rings. The minimum Gasteiger partial charge on any atom is -0.316 e. The second-order valence-corrected chi connectivity index (χ2v) is 7.35. The van der Waals surface area contributed by atoms with Gasteiger partial charge in [0.15, 0.2) is 5.84 Å². The van der Waals surface area contributed by atoms with Crippen LogP contribution in [0.5, 0.6) is 0 Å². The van der Waals surface area contributed by atoms with Crippen molar-refractivity contribution in [1.82, 2.24) is 4.48 Å². The summed E-state index contributed by atoms with van der Waals surface area (Å²) in [6, 6.07) is 26.8. The highest BCUT2D eigenvalue weighted by Gasteiger charge is 2.19. The van der Waals surface area contributed by atoms with Crippen LogP contribution < -0.4 is 5.49 Å². The van der Waals surface area contributed by atoms with Gasteiger partial charge in [-0.3, -0.25) is 13.6 Å². The summed E-state index contributed by atoms with van der Waals surface area (Å²) in [4.78, 5) is 9.11. The first-order valence-corrected chi connectivity index (χ1v) is 10.3. The van der Waals surface area contributed by atoms with Gasteiger partial charge in [0.05, 0.1) is 0 Å². The van der Waals surface area contributed by atoms with Crippen LogP contribution in [0.1, 0.15) is 16.7 Å². The molecule has 0 saturated carbocycles. The van der Waals surface area contributed by atoms with Gasteiger partial charge in [0.2, 0.25) is 0 Å². The van der Waals surface area contributed by atoms with Gasteiger partial charge in [-0.2, -0.15) is 0 Å². The van der Waals surface area contributed by atoms with Crippen LogP contribution in [0.2, 0.25) is 0 Å². The first-order valence-electron chi connectivity index (χ1n) is 10.3. The Labute approximate surface area is 186 Å². The summed E-state index contributed by atoms with van der Waals surface area (Å²) in [6.07, 6.45) is 3.38. The first kappa shape index (κ1) is 21.4. The monoisotopic (exact) mass is 425 g/mol. The molecule has 0 bridgehead atoms. The fraction of sp³-hybridized carbons (Fsp3) is 0.0769. The van der Waals surface area contributed by atoms with Gasteiger partial charge in [0.25, 0.3) is 0 Å². The standard InChI is InChI=1S/C26H22BF2N3/c1-19-10-6-7-14-22(19)18-24(20-11-4-3-5-12-20)25(30-2)31-26-23-15-9-8-13-21(23)16-17-32(26)27(28)29/h3-18H,1-2H3/b24-18-,30-25?,31-26?. The molecule has 0 saturated heterocycles. The zero-order valence-electron chi connectivity index (χ0n) is 17.9. The van der Waals surface area contributed by atoms with Crippen molar-refractivity contribution in [2.75, 3.05) is 7.05 Å². The Bertz CT molecular complexity index is 1370. The van der Waals surface area contributed by atoms with Crippen molar-refractivity contribution in [3.63, 3.8) is 0 Å². The van der Waals surface area contributed by atoms with E-state index < -0.39 is 7.40 Å². The molecule has 32 heavy (non-hydrogen) atoms. The molecule has 3 nitrogen and oxygen atoms in total. The lowest BCUT2D eigenvalue weighted by molar-refractivity contribution is 0.622. The van der Waals surface area contributed by atoms with Gasteiger partial charge < -0.3 is 4.48 Å². The summed E-state index contributed by atoms with van der Waals surface area (Å²) in [5.41, 5.74) is 3.96. The van der Waals surface area contributed by atoms with Crippen LogP contribution in [0.15, 0.2) is 101 Å². The maximum atomic E-state index is 13.9. The Morgan fingerprint density at radius 2 is 1.56 bits per heavy atom. The topological polar surface area (TPSA) is 29.6 Å². The van der Waals surface area contributed by atoms with Crippen LogP contribution in [0.3, 0.4) is 0 Å². The molecule has 0 aliphatic rings. The number of pyridine rings is 1. The van der Waals surface area contributed by atoms with Crippen molar-refractivity contribution >= 4 is 35.7 Å². The number of amidine groups is 1. The Hall–Kier alpha value is -3.80. The van der Waals surface area contributed by atoms with Crippen LogP contribution in [-0.2, 0) is 0 Å². The Balaban J connectivity index is 2.00. The second kappa shape index (κ2) is 9.56. The molecule has 0 amide bonds. The number of aryl methyl sites for hydroxylation is 1. The Morgan fingerprint density at radius 1 is 0.875 bits per heavy atom. The van der Waals surface area contributed by atoms with Crippen LogP contribution in [0.25, 0.3) is 22.4 Å². The maximum Gasteiger partial charge on any atom is 0.678 e. The molecule has 158 valence electrons. The van der Waals surface area contributed by atoms with E-state index in [9.17, 15) is 8.63 Å². The van der Waals surface area contributed by atoms with Gasteiger partial charge in [0.1, 0.15) is 5.49 Å². The highest BCUT2D eigenvalue weighted by molar-refractivity contribution is 6.40. The van der Waals surface area contributed by atoms with Gasteiger partial charge in [-0.15, -0.1) is 0 Å². The SMILES string of the molecule is CN=C(N=c1c2ccccc2ccn1B(F)F)/C(=C\c1ccccc1C)c1ccccc1. The third-order valence-corrected chi connectivity index (χ3v) is 5.31. The van der Waals surface area contributed by atoms with E-state index in [-0.39, 0.29) is 5.49 Å². The number of rotatable bonds is 4. The summed E-state index contributed by atoms with van der Waals surface area (Å²) in [7, 11) is -1.09. The summed E-state index contributed by atoms with van der Waals surface area (Å²) < 4.78 is 28.6. The number of benzene rings is 3. The summed E-state index contributed by atoms with van der Waals surface area (Å²) in [5, 5.41) is 1.47. The molecule has 0 aliphatic heterocycles. The predicted octanol–water partition coefficient (Wildman–Crippen LogP) is 5.89. The molecule has 1 heterocycles. The lowest BCUT2D eigenvalue weighted by Crippen LogP contribution is -2.30. The molecule has 0 N–H and O–H groups in total. The normalized spacial score (nSPS) is 12.9. The molecule has 0 atom stereocenters. The number of aromatic nitrogens is 1. The number of fused-ring (bicyclic) bond motifs is 1. The number of hydrogen-bond donors (Lipinski definition) is 0. The second-order valence-electron chi connectivity index (χ2n) is 7.35. The molecule has 0 spiro atoms. The minimum atomic E-state index is -2.73. The first-order chi connectivity index (χ1) is 15.6.